The van der Waals surface area contributed by atoms with Gasteiger partial charge in [0.2, 0.25) is 0 Å². The van der Waals surface area contributed by atoms with E-state index in [1.54, 1.807) is 6.07 Å². The van der Waals surface area contributed by atoms with E-state index in [9.17, 15) is 4.79 Å². The average Bonchev–Trinajstić information content (AvgIpc) is 2.26. The molecule has 1 aliphatic rings. The van der Waals surface area contributed by atoms with Gasteiger partial charge in [0.1, 0.15) is 11.4 Å². The molecule has 0 spiro atoms. The molecule has 2 rings (SSSR count). The van der Waals surface area contributed by atoms with E-state index in [-0.39, 0.29) is 17.9 Å². The van der Waals surface area contributed by atoms with Gasteiger partial charge in [-0.25, -0.2) is 0 Å². The Kier molecular flexibility index (Phi) is 2.79. The number of carbonyl (C=O) groups excluding carboxylic acids is 1. The number of hydrogen-bond donors (Lipinski definition) is 1. The van der Waals surface area contributed by atoms with E-state index in [0.717, 1.165) is 16.9 Å². The lowest BCUT2D eigenvalue weighted by Crippen LogP contribution is -2.28. The third-order valence-corrected chi connectivity index (χ3v) is 2.85. The molecule has 17 heavy (non-hydrogen) atoms. The van der Waals surface area contributed by atoms with Gasteiger partial charge in [-0.1, -0.05) is 0 Å². The summed E-state index contributed by atoms with van der Waals surface area (Å²) in [6.45, 7) is 6.09. The molecular formula is C14H17NO2. The SMILES string of the molecule is CC1=CC(C)(C)Oc2ccc(C(=O)CN)cc21. The van der Waals surface area contributed by atoms with Crippen molar-refractivity contribution in [1.29, 1.82) is 0 Å². The molecule has 0 bridgehead atoms. The number of carbonyl (C=O) groups is 1. The summed E-state index contributed by atoms with van der Waals surface area (Å²) in [7, 11) is 0. The third kappa shape index (κ3) is 2.24. The van der Waals surface area contributed by atoms with Crippen LogP contribution in [-0.2, 0) is 0 Å². The van der Waals surface area contributed by atoms with Gasteiger partial charge in [-0.05, 0) is 50.6 Å². The fourth-order valence-electron chi connectivity index (χ4n) is 2.13. The normalized spacial score (nSPS) is 16.8. The van der Waals surface area contributed by atoms with Gasteiger partial charge in [0, 0.05) is 11.1 Å². The first-order valence-corrected chi connectivity index (χ1v) is 5.69. The van der Waals surface area contributed by atoms with E-state index in [2.05, 4.69) is 6.08 Å². The van der Waals surface area contributed by atoms with Crippen LogP contribution in [0.1, 0.15) is 36.7 Å². The Hall–Kier alpha value is -1.61. The van der Waals surface area contributed by atoms with Crippen LogP contribution in [0.25, 0.3) is 5.57 Å². The Morgan fingerprint density at radius 3 is 2.76 bits per heavy atom. The standard InChI is InChI=1S/C14H17NO2/c1-9-7-14(2,3)17-13-5-4-10(6-11(9)13)12(16)8-15/h4-7H,8,15H2,1-3H3. The minimum Gasteiger partial charge on any atom is -0.483 e. The van der Waals surface area contributed by atoms with Crippen LogP contribution in [-0.4, -0.2) is 17.9 Å². The number of benzene rings is 1. The van der Waals surface area contributed by atoms with Gasteiger partial charge in [0.15, 0.2) is 5.78 Å². The molecule has 90 valence electrons. The van der Waals surface area contributed by atoms with Crippen molar-refractivity contribution >= 4 is 11.4 Å². The van der Waals surface area contributed by atoms with Crippen molar-refractivity contribution in [2.45, 2.75) is 26.4 Å². The molecule has 2 N–H and O–H groups in total. The van der Waals surface area contributed by atoms with Crippen LogP contribution in [0.4, 0.5) is 0 Å². The fourth-order valence-corrected chi connectivity index (χ4v) is 2.13. The minimum atomic E-state index is -0.295. The number of fused-ring (bicyclic) bond motifs is 1. The molecule has 1 heterocycles. The molecule has 0 fully saturated rings. The van der Waals surface area contributed by atoms with Crippen LogP contribution >= 0.6 is 0 Å². The number of allylic oxidation sites excluding steroid dienone is 1. The summed E-state index contributed by atoms with van der Waals surface area (Å²) in [6.07, 6.45) is 2.06. The largest absolute Gasteiger partial charge is 0.483 e. The molecule has 3 heteroatoms. The number of ketones is 1. The first-order chi connectivity index (χ1) is 7.93. The van der Waals surface area contributed by atoms with E-state index in [4.69, 9.17) is 10.5 Å². The van der Waals surface area contributed by atoms with Crippen molar-refractivity contribution in [2.24, 2.45) is 5.73 Å². The number of hydrogen-bond acceptors (Lipinski definition) is 3. The summed E-state index contributed by atoms with van der Waals surface area (Å²) in [4.78, 5) is 11.5. The number of nitrogens with two attached hydrogens (primary N) is 1. The molecule has 0 unspecified atom stereocenters. The second-order valence-electron chi connectivity index (χ2n) is 4.87. The summed E-state index contributed by atoms with van der Waals surface area (Å²) in [5.74, 6) is 0.772. The van der Waals surface area contributed by atoms with Crippen molar-refractivity contribution in [3.05, 3.63) is 35.4 Å². The van der Waals surface area contributed by atoms with Crippen molar-refractivity contribution in [1.82, 2.24) is 0 Å². The Bertz CT molecular complexity index is 501. The highest BCUT2D eigenvalue weighted by molar-refractivity contribution is 5.98. The van der Waals surface area contributed by atoms with E-state index < -0.39 is 0 Å². The van der Waals surface area contributed by atoms with Crippen molar-refractivity contribution in [3.63, 3.8) is 0 Å². The molecule has 1 aromatic rings. The molecule has 1 aliphatic heterocycles. The molecule has 0 atom stereocenters. The predicted molar refractivity (Wildman–Crippen MR) is 68.2 cm³/mol. The van der Waals surface area contributed by atoms with Crippen LogP contribution in [0.3, 0.4) is 0 Å². The monoisotopic (exact) mass is 231 g/mol. The van der Waals surface area contributed by atoms with Crippen LogP contribution in [0.15, 0.2) is 24.3 Å². The lowest BCUT2D eigenvalue weighted by Gasteiger charge is -2.30. The number of rotatable bonds is 2. The first-order valence-electron chi connectivity index (χ1n) is 5.69. The summed E-state index contributed by atoms with van der Waals surface area (Å²) < 4.78 is 5.84. The van der Waals surface area contributed by atoms with Crippen LogP contribution in [0, 0.1) is 0 Å². The van der Waals surface area contributed by atoms with Gasteiger partial charge in [-0.2, -0.15) is 0 Å². The van der Waals surface area contributed by atoms with E-state index in [1.807, 2.05) is 32.9 Å². The summed E-state index contributed by atoms with van der Waals surface area (Å²) in [5.41, 5.74) is 7.81. The van der Waals surface area contributed by atoms with Crippen molar-refractivity contribution in [2.75, 3.05) is 6.54 Å². The van der Waals surface area contributed by atoms with Crippen molar-refractivity contribution in [3.8, 4) is 5.75 Å². The number of Topliss-reactive ketones (excluding diaryl/α,β-unsaturated/α-hetero) is 1. The molecule has 0 aromatic heterocycles. The Labute approximate surface area is 101 Å². The number of ether oxygens (including phenoxy) is 1. The highest BCUT2D eigenvalue weighted by Gasteiger charge is 2.25. The molecule has 0 radical (unpaired) electrons. The van der Waals surface area contributed by atoms with Gasteiger partial charge in [-0.15, -0.1) is 0 Å². The van der Waals surface area contributed by atoms with Crippen LogP contribution < -0.4 is 10.5 Å². The Balaban J connectivity index is 2.48. The summed E-state index contributed by atoms with van der Waals surface area (Å²) >= 11 is 0. The highest BCUT2D eigenvalue weighted by atomic mass is 16.5. The predicted octanol–water partition coefficient (Wildman–Crippen LogP) is 2.40. The highest BCUT2D eigenvalue weighted by Crippen LogP contribution is 2.36. The zero-order valence-corrected chi connectivity index (χ0v) is 10.4. The topological polar surface area (TPSA) is 52.3 Å². The average molecular weight is 231 g/mol. The van der Waals surface area contributed by atoms with Crippen LogP contribution in [0.2, 0.25) is 0 Å². The molecule has 1 aromatic carbocycles. The maximum Gasteiger partial charge on any atom is 0.176 e. The second kappa shape index (κ2) is 4.00. The lowest BCUT2D eigenvalue weighted by molar-refractivity contribution is 0.100. The molecule has 0 saturated heterocycles. The summed E-state index contributed by atoms with van der Waals surface area (Å²) in [5, 5.41) is 0. The Morgan fingerprint density at radius 1 is 1.41 bits per heavy atom. The molecular weight excluding hydrogens is 214 g/mol. The lowest BCUT2D eigenvalue weighted by atomic mass is 9.94. The van der Waals surface area contributed by atoms with Gasteiger partial charge >= 0.3 is 0 Å². The third-order valence-electron chi connectivity index (χ3n) is 2.85. The van der Waals surface area contributed by atoms with Gasteiger partial charge < -0.3 is 10.5 Å². The van der Waals surface area contributed by atoms with E-state index in [0.29, 0.717) is 5.56 Å². The second-order valence-corrected chi connectivity index (χ2v) is 4.87. The maximum atomic E-state index is 11.5. The van der Waals surface area contributed by atoms with Gasteiger partial charge in [0.25, 0.3) is 0 Å². The van der Waals surface area contributed by atoms with Gasteiger partial charge in [0.05, 0.1) is 6.54 Å². The summed E-state index contributed by atoms with van der Waals surface area (Å²) in [6, 6.07) is 5.46. The first kappa shape index (κ1) is 11.9. The van der Waals surface area contributed by atoms with E-state index >= 15 is 0 Å². The zero-order valence-electron chi connectivity index (χ0n) is 10.4. The van der Waals surface area contributed by atoms with E-state index in [1.165, 1.54) is 0 Å². The zero-order chi connectivity index (χ0) is 12.6. The van der Waals surface area contributed by atoms with Crippen LogP contribution in [0.5, 0.6) is 5.75 Å². The van der Waals surface area contributed by atoms with Gasteiger partial charge in [-0.3, -0.25) is 4.79 Å². The molecule has 0 amide bonds. The maximum absolute atomic E-state index is 11.5. The molecule has 0 saturated carbocycles. The molecule has 0 aliphatic carbocycles. The smallest absolute Gasteiger partial charge is 0.176 e. The quantitative estimate of drug-likeness (QED) is 0.795. The molecule has 3 nitrogen and oxygen atoms in total. The van der Waals surface area contributed by atoms with Crippen molar-refractivity contribution < 1.29 is 9.53 Å². The minimum absolute atomic E-state index is 0.0356. The fraction of sp³-hybridized carbons (Fsp3) is 0.357. The Morgan fingerprint density at radius 2 is 2.12 bits per heavy atom.